The lowest BCUT2D eigenvalue weighted by Crippen LogP contribution is -2.34. The lowest BCUT2D eigenvalue weighted by molar-refractivity contribution is -0.138. The molecule has 0 aliphatic heterocycles. The van der Waals surface area contributed by atoms with Crippen molar-refractivity contribution in [2.45, 2.75) is 19.5 Å². The van der Waals surface area contributed by atoms with Crippen molar-refractivity contribution in [2.75, 3.05) is 18.6 Å². The van der Waals surface area contributed by atoms with Crippen LogP contribution in [0.5, 0.6) is 0 Å². The van der Waals surface area contributed by atoms with Gasteiger partial charge in [-0.2, -0.15) is 0 Å². The summed E-state index contributed by atoms with van der Waals surface area (Å²) in [4.78, 5) is 24.1. The predicted octanol–water partition coefficient (Wildman–Crippen LogP) is 1.10. The molecular weight excluding hydrogens is 276 g/mol. The third-order valence-corrected chi connectivity index (χ3v) is 3.85. The zero-order valence-electron chi connectivity index (χ0n) is 11.7. The first-order valence-electron chi connectivity index (χ1n) is 6.25. The van der Waals surface area contributed by atoms with Gasteiger partial charge in [0.05, 0.1) is 5.75 Å². The van der Waals surface area contributed by atoms with Crippen molar-refractivity contribution in [1.82, 2.24) is 4.90 Å². The normalized spacial score (nSPS) is 11.9. The van der Waals surface area contributed by atoms with Crippen LogP contribution >= 0.6 is 11.8 Å². The Bertz CT molecular complexity index is 462. The Morgan fingerprint density at radius 3 is 2.50 bits per heavy atom. The maximum atomic E-state index is 11.9. The molecule has 0 fully saturated rings. The predicted molar refractivity (Wildman–Crippen MR) is 80.6 cm³/mol. The van der Waals surface area contributed by atoms with Crippen LogP contribution in [0, 0.1) is 6.92 Å². The van der Waals surface area contributed by atoms with E-state index in [1.54, 1.807) is 11.9 Å². The number of rotatable bonds is 7. The first-order valence-corrected chi connectivity index (χ1v) is 7.41. The highest BCUT2D eigenvalue weighted by Crippen LogP contribution is 2.08. The van der Waals surface area contributed by atoms with Crippen molar-refractivity contribution in [1.29, 1.82) is 0 Å². The third kappa shape index (κ3) is 5.63. The molecule has 5 nitrogen and oxygen atoms in total. The molecule has 0 aliphatic carbocycles. The number of carbonyl (C=O) groups is 2. The molecule has 0 unspecified atom stereocenters. The molecule has 3 N–H and O–H groups in total. The van der Waals surface area contributed by atoms with Crippen LogP contribution in [0.15, 0.2) is 24.3 Å². The second-order valence-electron chi connectivity index (χ2n) is 4.70. The van der Waals surface area contributed by atoms with E-state index in [4.69, 9.17) is 10.8 Å². The Morgan fingerprint density at radius 1 is 1.35 bits per heavy atom. The number of nitrogens with zero attached hydrogens (tertiary/aromatic N) is 1. The number of aryl methyl sites for hydroxylation is 1. The Balaban J connectivity index is 2.35. The molecule has 0 radical (unpaired) electrons. The molecule has 0 saturated carbocycles. The molecule has 0 spiro atoms. The fourth-order valence-corrected chi connectivity index (χ4v) is 2.42. The van der Waals surface area contributed by atoms with Gasteiger partial charge < -0.3 is 15.7 Å². The molecule has 20 heavy (non-hydrogen) atoms. The van der Waals surface area contributed by atoms with E-state index in [-0.39, 0.29) is 17.4 Å². The summed E-state index contributed by atoms with van der Waals surface area (Å²) in [6.07, 6.45) is 0. The van der Waals surface area contributed by atoms with Crippen molar-refractivity contribution in [3.05, 3.63) is 35.4 Å². The van der Waals surface area contributed by atoms with E-state index >= 15 is 0 Å². The maximum Gasteiger partial charge on any atom is 0.321 e. The molecule has 0 aliphatic rings. The number of aliphatic carboxylic acids is 1. The van der Waals surface area contributed by atoms with Gasteiger partial charge in [-0.1, -0.05) is 29.8 Å². The van der Waals surface area contributed by atoms with Gasteiger partial charge in [-0.25, -0.2) is 0 Å². The fraction of sp³-hybridized carbons (Fsp3) is 0.429. The lowest BCUT2D eigenvalue weighted by Gasteiger charge is -2.17. The van der Waals surface area contributed by atoms with Gasteiger partial charge >= 0.3 is 5.97 Å². The molecule has 1 aromatic rings. The highest BCUT2D eigenvalue weighted by atomic mass is 32.2. The Kier molecular flexibility index (Phi) is 6.54. The largest absolute Gasteiger partial charge is 0.480 e. The molecule has 0 aromatic heterocycles. The Hall–Kier alpha value is -1.53. The molecular formula is C14H20N2O3S. The van der Waals surface area contributed by atoms with E-state index in [2.05, 4.69) is 0 Å². The summed E-state index contributed by atoms with van der Waals surface area (Å²) in [5.41, 5.74) is 7.62. The van der Waals surface area contributed by atoms with E-state index in [0.717, 1.165) is 5.56 Å². The number of nitrogens with two attached hydrogens (primary N) is 1. The van der Waals surface area contributed by atoms with Crippen LogP contribution < -0.4 is 5.73 Å². The van der Waals surface area contributed by atoms with Crippen LogP contribution in [0.3, 0.4) is 0 Å². The average molecular weight is 296 g/mol. The zero-order chi connectivity index (χ0) is 15.1. The molecule has 1 atom stereocenters. The number of carboxylic acid groups (broad SMARTS) is 1. The van der Waals surface area contributed by atoms with Crippen LogP contribution in [0.1, 0.15) is 11.1 Å². The van der Waals surface area contributed by atoms with Crippen molar-refractivity contribution < 1.29 is 14.7 Å². The van der Waals surface area contributed by atoms with E-state index in [0.29, 0.717) is 6.54 Å². The average Bonchev–Trinajstić information content (AvgIpc) is 2.40. The number of amides is 1. The van der Waals surface area contributed by atoms with E-state index in [1.165, 1.54) is 17.3 Å². The van der Waals surface area contributed by atoms with Crippen LogP contribution in [0.2, 0.25) is 0 Å². The molecule has 0 bridgehead atoms. The standard InChI is InChI=1S/C14H20N2O3S/c1-10-3-5-11(6-4-10)7-16(2)13(17)9-20-8-12(15)14(18)19/h3-6,12H,7-9,15H2,1-2H3,(H,18,19)/t12-/m1/s1. The molecule has 1 rings (SSSR count). The quantitative estimate of drug-likeness (QED) is 0.787. The number of hydrogen-bond donors (Lipinski definition) is 2. The number of benzene rings is 1. The summed E-state index contributed by atoms with van der Waals surface area (Å²) < 4.78 is 0. The second-order valence-corrected chi connectivity index (χ2v) is 5.73. The van der Waals surface area contributed by atoms with Gasteiger partial charge in [0, 0.05) is 19.3 Å². The molecule has 0 heterocycles. The summed E-state index contributed by atoms with van der Waals surface area (Å²) >= 11 is 1.24. The highest BCUT2D eigenvalue weighted by Gasteiger charge is 2.14. The van der Waals surface area contributed by atoms with Crippen LogP contribution in [-0.4, -0.2) is 46.5 Å². The number of hydrogen-bond acceptors (Lipinski definition) is 4. The van der Waals surface area contributed by atoms with E-state index in [1.807, 2.05) is 31.2 Å². The van der Waals surface area contributed by atoms with Gasteiger partial charge in [0.15, 0.2) is 0 Å². The minimum absolute atomic E-state index is 0.0341. The summed E-state index contributed by atoms with van der Waals surface area (Å²) in [5.74, 6) is -0.603. The smallest absolute Gasteiger partial charge is 0.321 e. The van der Waals surface area contributed by atoms with Gasteiger partial charge in [0.2, 0.25) is 5.91 Å². The van der Waals surface area contributed by atoms with E-state index < -0.39 is 12.0 Å². The van der Waals surface area contributed by atoms with Crippen LogP contribution in [0.25, 0.3) is 0 Å². The SMILES string of the molecule is Cc1ccc(CN(C)C(=O)CSC[C@@H](N)C(=O)O)cc1. The van der Waals surface area contributed by atoms with Crippen molar-refractivity contribution in [3.63, 3.8) is 0 Å². The number of thioether (sulfide) groups is 1. The molecule has 110 valence electrons. The summed E-state index contributed by atoms with van der Waals surface area (Å²) in [7, 11) is 1.74. The van der Waals surface area contributed by atoms with Gasteiger partial charge in [-0.3, -0.25) is 9.59 Å². The molecule has 1 aromatic carbocycles. The lowest BCUT2D eigenvalue weighted by atomic mass is 10.1. The van der Waals surface area contributed by atoms with Gasteiger partial charge in [-0.15, -0.1) is 11.8 Å². The highest BCUT2D eigenvalue weighted by molar-refractivity contribution is 8.00. The fourth-order valence-electron chi connectivity index (χ4n) is 1.51. The van der Waals surface area contributed by atoms with Gasteiger partial charge in [0.1, 0.15) is 6.04 Å². The zero-order valence-corrected chi connectivity index (χ0v) is 12.5. The molecule has 0 saturated heterocycles. The first-order chi connectivity index (χ1) is 9.40. The van der Waals surface area contributed by atoms with Gasteiger partial charge in [-0.05, 0) is 12.5 Å². The van der Waals surface area contributed by atoms with Crippen molar-refractivity contribution >= 4 is 23.6 Å². The third-order valence-electron chi connectivity index (χ3n) is 2.81. The maximum absolute atomic E-state index is 11.9. The van der Waals surface area contributed by atoms with Crippen LogP contribution in [0.4, 0.5) is 0 Å². The Labute approximate surface area is 123 Å². The number of carbonyl (C=O) groups excluding carboxylic acids is 1. The minimum Gasteiger partial charge on any atom is -0.480 e. The topological polar surface area (TPSA) is 83.6 Å². The monoisotopic (exact) mass is 296 g/mol. The molecule has 1 amide bonds. The van der Waals surface area contributed by atoms with Crippen molar-refractivity contribution in [3.8, 4) is 0 Å². The second kappa shape index (κ2) is 7.91. The van der Waals surface area contributed by atoms with E-state index in [9.17, 15) is 9.59 Å². The summed E-state index contributed by atoms with van der Waals surface area (Å²) in [6, 6.07) is 7.08. The van der Waals surface area contributed by atoms with Crippen molar-refractivity contribution in [2.24, 2.45) is 5.73 Å². The Morgan fingerprint density at radius 2 is 1.95 bits per heavy atom. The molecule has 6 heteroatoms. The van der Waals surface area contributed by atoms with Crippen LogP contribution in [-0.2, 0) is 16.1 Å². The minimum atomic E-state index is -1.04. The van der Waals surface area contributed by atoms with Gasteiger partial charge in [0.25, 0.3) is 0 Å². The summed E-state index contributed by atoms with van der Waals surface area (Å²) in [5, 5.41) is 8.64. The first kappa shape index (κ1) is 16.5. The number of carboxylic acids is 1. The summed E-state index contributed by atoms with van der Waals surface area (Å²) in [6.45, 7) is 2.56.